The Hall–Kier alpha value is -0.450. The summed E-state index contributed by atoms with van der Waals surface area (Å²) >= 11 is 0. The zero-order chi connectivity index (χ0) is 18.2. The van der Waals surface area contributed by atoms with E-state index in [1.54, 1.807) is 0 Å². The molecule has 4 heteroatoms. The number of rotatable bonds is 1. The van der Waals surface area contributed by atoms with E-state index in [2.05, 4.69) is 6.92 Å². The first-order chi connectivity index (χ1) is 11.6. The molecule has 0 amide bonds. The lowest BCUT2D eigenvalue weighted by molar-refractivity contribution is -0.173. The van der Waals surface area contributed by atoms with Gasteiger partial charge >= 0.3 is 0 Å². The molecule has 4 saturated carbocycles. The Balaban J connectivity index is 1.69. The van der Waals surface area contributed by atoms with Gasteiger partial charge in [0.1, 0.15) is 5.60 Å². The van der Waals surface area contributed by atoms with E-state index in [0.717, 1.165) is 44.9 Å². The van der Waals surface area contributed by atoms with Crippen molar-refractivity contribution < 1.29 is 20.1 Å². The number of hydrogen-bond donors (Lipinski definition) is 3. The Bertz CT molecular complexity index is 576. The summed E-state index contributed by atoms with van der Waals surface area (Å²) in [7, 11) is 0. The van der Waals surface area contributed by atoms with Crippen molar-refractivity contribution in [2.24, 2.45) is 34.5 Å². The van der Waals surface area contributed by atoms with E-state index < -0.39 is 17.1 Å². The molecule has 4 rings (SSSR count). The number of aliphatic hydroxyl groups is 3. The van der Waals surface area contributed by atoms with Crippen LogP contribution in [0.5, 0.6) is 0 Å². The molecule has 4 fully saturated rings. The Morgan fingerprint density at radius 1 is 1.04 bits per heavy atom. The van der Waals surface area contributed by atoms with Crippen LogP contribution in [0, 0.1) is 34.5 Å². The number of carbonyl (C=O) groups is 1. The van der Waals surface area contributed by atoms with Crippen LogP contribution in [0.3, 0.4) is 0 Å². The van der Waals surface area contributed by atoms with Gasteiger partial charge in [0.15, 0.2) is 5.78 Å². The molecule has 0 unspecified atom stereocenters. The molecule has 0 radical (unpaired) electrons. The molecule has 0 aromatic carbocycles. The number of Topliss-reactive ketones (excluding diaryl/α,β-unsaturated/α-hetero) is 1. The van der Waals surface area contributed by atoms with Gasteiger partial charge in [0, 0.05) is 11.8 Å². The average Bonchev–Trinajstić information content (AvgIpc) is 2.75. The lowest BCUT2D eigenvalue weighted by Crippen LogP contribution is -2.59. The van der Waals surface area contributed by atoms with Crippen LogP contribution in [0.1, 0.15) is 72.1 Å². The van der Waals surface area contributed by atoms with Crippen molar-refractivity contribution in [1.82, 2.24) is 0 Å². The molecule has 0 aromatic heterocycles. The molecule has 25 heavy (non-hydrogen) atoms. The summed E-state index contributed by atoms with van der Waals surface area (Å²) in [4.78, 5) is 12.3. The van der Waals surface area contributed by atoms with E-state index in [1.165, 1.54) is 6.92 Å². The van der Waals surface area contributed by atoms with Crippen molar-refractivity contribution in [1.29, 1.82) is 0 Å². The molecule has 3 N–H and O–H groups in total. The quantitative estimate of drug-likeness (QED) is 0.679. The van der Waals surface area contributed by atoms with Crippen LogP contribution < -0.4 is 0 Å². The Morgan fingerprint density at radius 3 is 2.44 bits per heavy atom. The first kappa shape index (κ1) is 17.9. The molecule has 4 aliphatic rings. The summed E-state index contributed by atoms with van der Waals surface area (Å²) in [5.74, 6) is 1.34. The van der Waals surface area contributed by atoms with Crippen LogP contribution in [-0.4, -0.2) is 38.9 Å². The normalized spacial score (nSPS) is 58.2. The Morgan fingerprint density at radius 2 is 1.76 bits per heavy atom. The van der Waals surface area contributed by atoms with E-state index >= 15 is 0 Å². The molecule has 0 saturated heterocycles. The molecule has 142 valence electrons. The first-order valence-electron chi connectivity index (χ1n) is 10.2. The third-order valence-electron chi connectivity index (χ3n) is 9.34. The van der Waals surface area contributed by atoms with Crippen molar-refractivity contribution in [2.75, 3.05) is 0 Å². The van der Waals surface area contributed by atoms with Gasteiger partial charge in [-0.3, -0.25) is 4.79 Å². The highest BCUT2D eigenvalue weighted by Crippen LogP contribution is 2.68. The lowest BCUT2D eigenvalue weighted by Gasteiger charge is -2.61. The second-order valence-corrected chi connectivity index (χ2v) is 10.1. The molecule has 0 bridgehead atoms. The molecule has 4 aliphatic carbocycles. The molecule has 9 atom stereocenters. The van der Waals surface area contributed by atoms with E-state index in [4.69, 9.17) is 0 Å². The summed E-state index contributed by atoms with van der Waals surface area (Å²) < 4.78 is 0. The van der Waals surface area contributed by atoms with Crippen molar-refractivity contribution in [3.63, 3.8) is 0 Å². The van der Waals surface area contributed by atoms with Crippen LogP contribution in [0.25, 0.3) is 0 Å². The minimum Gasteiger partial charge on any atom is -0.393 e. The fourth-order valence-corrected chi connectivity index (χ4v) is 7.89. The SMILES string of the molecule is CC(=O)[C@@]1(O)C[C@@H](O)[C@H]2[C@@H]3CC[C@@H]4C[C@H](O)CC[C@]4(C)[C@H]3CC[C@@]21C. The van der Waals surface area contributed by atoms with Crippen LogP contribution in [0.2, 0.25) is 0 Å². The molecule has 0 heterocycles. The topological polar surface area (TPSA) is 77.8 Å². The molecule has 0 aliphatic heterocycles. The lowest BCUT2D eigenvalue weighted by atomic mass is 9.44. The number of hydrogen-bond acceptors (Lipinski definition) is 4. The summed E-state index contributed by atoms with van der Waals surface area (Å²) in [6, 6.07) is 0. The highest BCUT2D eigenvalue weighted by Gasteiger charge is 2.68. The average molecular weight is 350 g/mol. The molecule has 0 aromatic rings. The number of fused-ring (bicyclic) bond motifs is 5. The summed E-state index contributed by atoms with van der Waals surface area (Å²) in [6.45, 7) is 5.93. The fraction of sp³-hybridized carbons (Fsp3) is 0.952. The summed E-state index contributed by atoms with van der Waals surface area (Å²) in [5.41, 5.74) is -1.64. The largest absolute Gasteiger partial charge is 0.393 e. The second kappa shape index (κ2) is 5.53. The second-order valence-electron chi connectivity index (χ2n) is 10.1. The van der Waals surface area contributed by atoms with Gasteiger partial charge in [-0.2, -0.15) is 0 Å². The minimum absolute atomic E-state index is 0.0183. The number of aliphatic hydroxyl groups excluding tert-OH is 2. The highest BCUT2D eigenvalue weighted by molar-refractivity contribution is 5.86. The first-order valence-corrected chi connectivity index (χ1v) is 10.2. The van der Waals surface area contributed by atoms with Gasteiger partial charge in [0.25, 0.3) is 0 Å². The van der Waals surface area contributed by atoms with Gasteiger partial charge in [0.05, 0.1) is 12.2 Å². The van der Waals surface area contributed by atoms with Gasteiger partial charge in [-0.05, 0) is 81.0 Å². The molecular formula is C21H34O4. The standard InChI is InChI=1S/C21H34O4/c1-12(22)21(25)11-17(24)18-15-5-4-13-10-14(23)6-8-19(13,2)16(15)7-9-20(18,21)3/h13-18,23-25H,4-11H2,1-3H3/t13-,14-,15-,16+,17-,18-,19+,20+,21+/m1/s1. The van der Waals surface area contributed by atoms with Crippen LogP contribution in [0.4, 0.5) is 0 Å². The third kappa shape index (κ3) is 2.20. The van der Waals surface area contributed by atoms with Crippen LogP contribution in [0.15, 0.2) is 0 Å². The Kier molecular flexibility index (Phi) is 3.97. The third-order valence-corrected chi connectivity index (χ3v) is 9.34. The zero-order valence-electron chi connectivity index (χ0n) is 15.9. The maximum atomic E-state index is 12.3. The number of ketones is 1. The van der Waals surface area contributed by atoms with Crippen molar-refractivity contribution >= 4 is 5.78 Å². The highest BCUT2D eigenvalue weighted by atomic mass is 16.3. The smallest absolute Gasteiger partial charge is 0.161 e. The Labute approximate surface area is 151 Å². The maximum Gasteiger partial charge on any atom is 0.161 e. The molecule has 4 nitrogen and oxygen atoms in total. The van der Waals surface area contributed by atoms with Crippen LogP contribution >= 0.6 is 0 Å². The van der Waals surface area contributed by atoms with Gasteiger partial charge in [-0.1, -0.05) is 13.8 Å². The molecule has 0 spiro atoms. The predicted octanol–water partition coefficient (Wildman–Crippen LogP) is 2.68. The number of carbonyl (C=O) groups excluding carboxylic acids is 1. The van der Waals surface area contributed by atoms with E-state index in [1.807, 2.05) is 6.92 Å². The van der Waals surface area contributed by atoms with E-state index in [0.29, 0.717) is 17.8 Å². The van der Waals surface area contributed by atoms with Gasteiger partial charge in [-0.15, -0.1) is 0 Å². The maximum absolute atomic E-state index is 12.3. The van der Waals surface area contributed by atoms with Crippen molar-refractivity contribution in [3.05, 3.63) is 0 Å². The van der Waals surface area contributed by atoms with E-state index in [9.17, 15) is 20.1 Å². The van der Waals surface area contributed by atoms with E-state index in [-0.39, 0.29) is 29.6 Å². The fourth-order valence-electron chi connectivity index (χ4n) is 7.89. The van der Waals surface area contributed by atoms with Crippen molar-refractivity contribution in [2.45, 2.75) is 89.9 Å². The van der Waals surface area contributed by atoms with Crippen LogP contribution in [-0.2, 0) is 4.79 Å². The summed E-state index contributed by atoms with van der Waals surface area (Å²) in [5, 5.41) is 32.2. The van der Waals surface area contributed by atoms with Gasteiger partial charge < -0.3 is 15.3 Å². The molecular weight excluding hydrogens is 316 g/mol. The predicted molar refractivity (Wildman–Crippen MR) is 94.8 cm³/mol. The van der Waals surface area contributed by atoms with Gasteiger partial charge in [-0.25, -0.2) is 0 Å². The summed E-state index contributed by atoms with van der Waals surface area (Å²) in [6.07, 6.45) is 6.35. The monoisotopic (exact) mass is 350 g/mol. The van der Waals surface area contributed by atoms with Crippen molar-refractivity contribution in [3.8, 4) is 0 Å². The minimum atomic E-state index is -1.37. The van der Waals surface area contributed by atoms with Gasteiger partial charge in [0.2, 0.25) is 0 Å². The zero-order valence-corrected chi connectivity index (χ0v) is 15.9.